The molecule has 1 N–H and O–H groups in total. The molecule has 7 heteroatoms. The minimum atomic E-state index is -0.362. The highest BCUT2D eigenvalue weighted by Crippen LogP contribution is 2.40. The summed E-state index contributed by atoms with van der Waals surface area (Å²) < 4.78 is 12.8. The number of hydrogen-bond acceptors (Lipinski definition) is 6. The smallest absolute Gasteiger partial charge is 0.340 e. The number of nitrogens with zero attached hydrogens (tertiary/aromatic N) is 2. The number of carbonyl (C=O) groups excluding carboxylic acids is 1. The summed E-state index contributed by atoms with van der Waals surface area (Å²) in [6.07, 6.45) is 1.79. The zero-order valence-electron chi connectivity index (χ0n) is 19.3. The van der Waals surface area contributed by atoms with Crippen LogP contribution in [-0.4, -0.2) is 35.3 Å². The number of fused-ring (bicyclic) bond motifs is 3. The minimum absolute atomic E-state index is 0.0165. The number of para-hydroxylation sites is 1. The fourth-order valence-electron chi connectivity index (χ4n) is 5.17. The molecule has 0 aliphatic carbocycles. The molecule has 2 aliphatic heterocycles. The molecule has 0 bridgehead atoms. The van der Waals surface area contributed by atoms with Crippen molar-refractivity contribution in [3.63, 3.8) is 0 Å². The fourth-order valence-corrected chi connectivity index (χ4v) is 5.17. The van der Waals surface area contributed by atoms with Gasteiger partial charge < -0.3 is 14.8 Å². The second kappa shape index (κ2) is 8.30. The van der Waals surface area contributed by atoms with E-state index < -0.39 is 0 Å². The Morgan fingerprint density at radius 3 is 2.88 bits per heavy atom. The molecular formula is C26H29N3O4. The third-order valence-corrected chi connectivity index (χ3v) is 6.89. The van der Waals surface area contributed by atoms with Crippen molar-refractivity contribution in [2.45, 2.75) is 51.6 Å². The quantitative estimate of drug-likeness (QED) is 0.593. The molecule has 1 saturated heterocycles. The standard InChI is InChI=1S/C26H29N3O4/c1-4-33-24(31)18-7-5-6-8-21(18)27-17(3)19-13-16(2)14-20-22(19)28-25-26(10-12-32-15-26)9-11-29(25)23(20)30/h5-8,13-14,17,27H,4,9-12,15H2,1-3H3/t17-,26-/m1/s1. The van der Waals surface area contributed by atoms with Crippen molar-refractivity contribution >= 4 is 22.6 Å². The number of carbonyl (C=O) groups is 1. The van der Waals surface area contributed by atoms with Crippen LogP contribution in [0.25, 0.3) is 10.9 Å². The Labute approximate surface area is 192 Å². The van der Waals surface area contributed by atoms with E-state index in [2.05, 4.69) is 11.4 Å². The number of benzene rings is 2. The Morgan fingerprint density at radius 2 is 2.12 bits per heavy atom. The summed E-state index contributed by atoms with van der Waals surface area (Å²) in [5, 5.41) is 4.10. The van der Waals surface area contributed by atoms with Crippen LogP contribution in [-0.2, 0) is 21.4 Å². The van der Waals surface area contributed by atoms with Crippen LogP contribution in [0, 0.1) is 6.92 Å². The molecule has 172 valence electrons. The maximum absolute atomic E-state index is 13.5. The highest BCUT2D eigenvalue weighted by Gasteiger charge is 2.44. The summed E-state index contributed by atoms with van der Waals surface area (Å²) >= 11 is 0. The fraction of sp³-hybridized carbons (Fsp3) is 0.423. The highest BCUT2D eigenvalue weighted by molar-refractivity contribution is 5.95. The van der Waals surface area contributed by atoms with Crippen LogP contribution in [0.1, 0.15) is 60.0 Å². The molecule has 7 nitrogen and oxygen atoms in total. The third kappa shape index (κ3) is 3.60. The Kier molecular flexibility index (Phi) is 5.44. The zero-order valence-corrected chi connectivity index (χ0v) is 19.3. The molecular weight excluding hydrogens is 418 g/mol. The van der Waals surface area contributed by atoms with E-state index in [0.717, 1.165) is 35.3 Å². The van der Waals surface area contributed by atoms with E-state index in [0.29, 0.717) is 43.0 Å². The summed E-state index contributed by atoms with van der Waals surface area (Å²) in [6.45, 7) is 8.13. The van der Waals surface area contributed by atoms with Gasteiger partial charge in [0.15, 0.2) is 0 Å². The number of rotatable bonds is 5. The Hall–Kier alpha value is -3.19. The molecule has 0 saturated carbocycles. The van der Waals surface area contributed by atoms with Gasteiger partial charge in [0.05, 0.1) is 41.1 Å². The van der Waals surface area contributed by atoms with Crippen molar-refractivity contribution in [2.24, 2.45) is 0 Å². The molecule has 1 aromatic heterocycles. The number of aromatic nitrogens is 2. The topological polar surface area (TPSA) is 82.5 Å². The van der Waals surface area contributed by atoms with E-state index >= 15 is 0 Å². The van der Waals surface area contributed by atoms with Gasteiger partial charge in [-0.3, -0.25) is 9.36 Å². The number of ether oxygens (including phenoxy) is 2. The maximum Gasteiger partial charge on any atom is 0.340 e. The van der Waals surface area contributed by atoms with Crippen LogP contribution in [0.5, 0.6) is 0 Å². The molecule has 1 fully saturated rings. The second-order valence-electron chi connectivity index (χ2n) is 9.11. The van der Waals surface area contributed by atoms with Crippen LogP contribution >= 0.6 is 0 Å². The van der Waals surface area contributed by atoms with Gasteiger partial charge in [0.1, 0.15) is 5.82 Å². The predicted molar refractivity (Wildman–Crippen MR) is 127 cm³/mol. The van der Waals surface area contributed by atoms with Gasteiger partial charge in [0.25, 0.3) is 5.56 Å². The molecule has 0 amide bonds. The normalized spacial score (nSPS) is 20.2. The molecule has 1 spiro atoms. The van der Waals surface area contributed by atoms with Crippen molar-refractivity contribution in [3.8, 4) is 0 Å². The lowest BCUT2D eigenvalue weighted by Gasteiger charge is -2.23. The number of esters is 1. The van der Waals surface area contributed by atoms with Crippen LogP contribution in [0.4, 0.5) is 5.69 Å². The van der Waals surface area contributed by atoms with E-state index in [-0.39, 0.29) is 23.0 Å². The summed E-state index contributed by atoms with van der Waals surface area (Å²) in [4.78, 5) is 31.0. The van der Waals surface area contributed by atoms with Gasteiger partial charge in [-0.2, -0.15) is 0 Å². The molecule has 5 rings (SSSR count). The first-order valence-electron chi connectivity index (χ1n) is 11.6. The summed E-state index contributed by atoms with van der Waals surface area (Å²) in [7, 11) is 0. The van der Waals surface area contributed by atoms with Gasteiger partial charge >= 0.3 is 5.97 Å². The van der Waals surface area contributed by atoms with E-state index in [1.165, 1.54) is 0 Å². The Morgan fingerprint density at radius 1 is 1.30 bits per heavy atom. The number of anilines is 1. The largest absolute Gasteiger partial charge is 0.462 e. The molecule has 2 aromatic carbocycles. The van der Waals surface area contributed by atoms with Gasteiger partial charge in [-0.25, -0.2) is 9.78 Å². The average Bonchev–Trinajstić information content (AvgIpc) is 3.42. The van der Waals surface area contributed by atoms with Crippen molar-refractivity contribution in [2.75, 3.05) is 25.1 Å². The van der Waals surface area contributed by atoms with Crippen LogP contribution in [0.3, 0.4) is 0 Å². The minimum Gasteiger partial charge on any atom is -0.462 e. The monoisotopic (exact) mass is 447 g/mol. The lowest BCUT2D eigenvalue weighted by Crippen LogP contribution is -2.29. The van der Waals surface area contributed by atoms with Gasteiger partial charge in [0.2, 0.25) is 0 Å². The lowest BCUT2D eigenvalue weighted by atomic mass is 9.85. The first-order chi connectivity index (χ1) is 15.9. The molecule has 3 heterocycles. The Balaban J connectivity index is 1.60. The first-order valence-corrected chi connectivity index (χ1v) is 11.6. The number of hydrogen-bond donors (Lipinski definition) is 1. The van der Waals surface area contributed by atoms with E-state index in [9.17, 15) is 9.59 Å². The molecule has 2 aliphatic rings. The molecule has 0 radical (unpaired) electrons. The lowest BCUT2D eigenvalue weighted by molar-refractivity contribution is 0.0527. The summed E-state index contributed by atoms with van der Waals surface area (Å²) in [6, 6.07) is 11.1. The van der Waals surface area contributed by atoms with E-state index in [1.807, 2.05) is 42.7 Å². The number of nitrogens with one attached hydrogen (secondary N) is 1. The van der Waals surface area contributed by atoms with Crippen molar-refractivity contribution in [3.05, 3.63) is 69.3 Å². The predicted octanol–water partition coefficient (Wildman–Crippen LogP) is 4.12. The first kappa shape index (κ1) is 21.6. The van der Waals surface area contributed by atoms with Crippen molar-refractivity contribution < 1.29 is 14.3 Å². The highest BCUT2D eigenvalue weighted by atomic mass is 16.5. The van der Waals surface area contributed by atoms with Crippen molar-refractivity contribution in [1.29, 1.82) is 0 Å². The van der Waals surface area contributed by atoms with Crippen LogP contribution in [0.15, 0.2) is 41.2 Å². The average molecular weight is 448 g/mol. The summed E-state index contributed by atoms with van der Waals surface area (Å²) in [5.74, 6) is 0.487. The third-order valence-electron chi connectivity index (χ3n) is 6.89. The van der Waals surface area contributed by atoms with E-state index in [1.54, 1.807) is 13.0 Å². The van der Waals surface area contributed by atoms with Crippen molar-refractivity contribution in [1.82, 2.24) is 9.55 Å². The van der Waals surface area contributed by atoms with Gasteiger partial charge in [-0.15, -0.1) is 0 Å². The SMILES string of the molecule is CCOC(=O)c1ccccc1N[C@H](C)c1cc(C)cc2c(=O)n3c(nc12)[C@@]1(CCOC1)CC3. The molecule has 0 unspecified atom stereocenters. The van der Waals surface area contributed by atoms with Gasteiger partial charge in [0, 0.05) is 24.4 Å². The zero-order chi connectivity index (χ0) is 23.2. The van der Waals surface area contributed by atoms with Crippen LogP contribution < -0.4 is 10.9 Å². The molecule has 3 aromatic rings. The van der Waals surface area contributed by atoms with Gasteiger partial charge in [-0.1, -0.05) is 18.2 Å². The maximum atomic E-state index is 13.5. The van der Waals surface area contributed by atoms with E-state index in [4.69, 9.17) is 14.5 Å². The molecule has 2 atom stereocenters. The number of aryl methyl sites for hydroxylation is 1. The molecule has 33 heavy (non-hydrogen) atoms. The second-order valence-corrected chi connectivity index (χ2v) is 9.11. The Bertz CT molecular complexity index is 1290. The van der Waals surface area contributed by atoms with Gasteiger partial charge in [-0.05, 0) is 57.4 Å². The van der Waals surface area contributed by atoms with Crippen LogP contribution in [0.2, 0.25) is 0 Å². The summed E-state index contributed by atoms with van der Waals surface area (Å²) in [5.41, 5.74) is 3.69.